The normalized spacial score (nSPS) is 17.9. The van der Waals surface area contributed by atoms with Crippen molar-refractivity contribution in [2.45, 2.75) is 25.3 Å². The van der Waals surface area contributed by atoms with Gasteiger partial charge in [0.1, 0.15) is 4.91 Å². The van der Waals surface area contributed by atoms with Gasteiger partial charge in [0.05, 0.1) is 28.6 Å². The maximum atomic E-state index is 13.9. The SMILES string of the molecule is CCNc1ccc(NC(C)=O)cc1N=C1S/C(=C2/Sc3ccccc3N2C)C(=O)N1Cc1ccccc1. The van der Waals surface area contributed by atoms with E-state index in [0.29, 0.717) is 34.5 Å². The van der Waals surface area contributed by atoms with Crippen LogP contribution in [0.25, 0.3) is 0 Å². The van der Waals surface area contributed by atoms with Gasteiger partial charge in [-0.1, -0.05) is 54.2 Å². The van der Waals surface area contributed by atoms with Gasteiger partial charge in [0.2, 0.25) is 5.91 Å². The summed E-state index contributed by atoms with van der Waals surface area (Å²) in [7, 11) is 1.99. The molecule has 5 rings (SSSR count). The highest BCUT2D eigenvalue weighted by Crippen LogP contribution is 2.50. The van der Waals surface area contributed by atoms with Gasteiger partial charge in [-0.25, -0.2) is 4.99 Å². The molecule has 2 amide bonds. The molecule has 0 aromatic heterocycles. The fourth-order valence-corrected chi connectivity index (χ4v) is 6.51. The molecule has 188 valence electrons. The molecule has 1 fully saturated rings. The zero-order chi connectivity index (χ0) is 25.9. The Kier molecular flexibility index (Phi) is 7.25. The molecule has 7 nitrogen and oxygen atoms in total. The first-order valence-corrected chi connectivity index (χ1v) is 13.6. The van der Waals surface area contributed by atoms with E-state index in [1.807, 2.05) is 74.6 Å². The number of nitrogens with one attached hydrogen (secondary N) is 2. The Morgan fingerprint density at radius 1 is 1.00 bits per heavy atom. The lowest BCUT2D eigenvalue weighted by atomic mass is 10.2. The summed E-state index contributed by atoms with van der Waals surface area (Å²) in [5.41, 5.74) is 4.24. The van der Waals surface area contributed by atoms with Crippen LogP contribution in [0, 0.1) is 0 Å². The van der Waals surface area contributed by atoms with E-state index in [0.717, 1.165) is 26.9 Å². The number of carbonyl (C=O) groups excluding carboxylic acids is 2. The van der Waals surface area contributed by atoms with Crippen molar-refractivity contribution >= 4 is 63.3 Å². The van der Waals surface area contributed by atoms with Crippen LogP contribution < -0.4 is 15.5 Å². The zero-order valence-corrected chi connectivity index (χ0v) is 22.5. The number of fused-ring (bicyclic) bond motifs is 1. The van der Waals surface area contributed by atoms with E-state index in [9.17, 15) is 9.59 Å². The van der Waals surface area contributed by atoms with Crippen LogP contribution in [-0.4, -0.2) is 35.5 Å². The molecule has 2 aliphatic rings. The van der Waals surface area contributed by atoms with Gasteiger partial charge >= 0.3 is 0 Å². The largest absolute Gasteiger partial charge is 0.384 e. The van der Waals surface area contributed by atoms with Crippen LogP contribution in [0.2, 0.25) is 0 Å². The van der Waals surface area contributed by atoms with Gasteiger partial charge in [-0.05, 0) is 54.6 Å². The number of thioether (sulfide) groups is 2. The maximum Gasteiger partial charge on any atom is 0.269 e. The second kappa shape index (κ2) is 10.7. The number of amides is 2. The van der Waals surface area contributed by atoms with Crippen molar-refractivity contribution in [2.75, 3.05) is 29.1 Å². The molecular formula is C28H27N5O2S2. The van der Waals surface area contributed by atoms with Gasteiger partial charge in [0, 0.05) is 31.1 Å². The molecule has 9 heteroatoms. The van der Waals surface area contributed by atoms with Crippen LogP contribution in [0.5, 0.6) is 0 Å². The first-order valence-electron chi connectivity index (χ1n) is 12.0. The van der Waals surface area contributed by atoms with Crippen molar-refractivity contribution in [3.63, 3.8) is 0 Å². The van der Waals surface area contributed by atoms with Crippen LogP contribution in [0.1, 0.15) is 19.4 Å². The van der Waals surface area contributed by atoms with E-state index in [2.05, 4.69) is 27.7 Å². The summed E-state index contributed by atoms with van der Waals surface area (Å²) in [5, 5.41) is 7.66. The van der Waals surface area contributed by atoms with Crippen molar-refractivity contribution in [3.05, 3.63) is 88.3 Å². The molecular weight excluding hydrogens is 502 g/mol. The quantitative estimate of drug-likeness (QED) is 0.368. The van der Waals surface area contributed by atoms with Crippen molar-refractivity contribution in [3.8, 4) is 0 Å². The number of carbonyl (C=O) groups is 2. The first kappa shape index (κ1) is 25.0. The summed E-state index contributed by atoms with van der Waals surface area (Å²) in [6.45, 7) is 4.61. The number of benzene rings is 3. The Morgan fingerprint density at radius 2 is 1.76 bits per heavy atom. The number of nitrogens with zero attached hydrogens (tertiary/aromatic N) is 3. The number of para-hydroxylation sites is 1. The van der Waals surface area contributed by atoms with Crippen molar-refractivity contribution in [1.29, 1.82) is 0 Å². The maximum absolute atomic E-state index is 13.9. The highest BCUT2D eigenvalue weighted by atomic mass is 32.2. The molecule has 3 aromatic carbocycles. The molecule has 37 heavy (non-hydrogen) atoms. The second-order valence-electron chi connectivity index (χ2n) is 8.58. The summed E-state index contributed by atoms with van der Waals surface area (Å²) in [5.74, 6) is -0.225. The van der Waals surface area contributed by atoms with Gasteiger partial charge < -0.3 is 15.5 Å². The Hall–Kier alpha value is -3.69. The van der Waals surface area contributed by atoms with E-state index < -0.39 is 0 Å². The van der Waals surface area contributed by atoms with Crippen LogP contribution in [-0.2, 0) is 16.1 Å². The standard InChI is InChI=1S/C28H27N5O2S2/c1-4-29-21-15-14-20(30-18(2)34)16-22(21)31-28-33(17-19-10-6-5-7-11-19)26(35)25(37-28)27-32(3)23-12-8-9-13-24(23)36-27/h5-16,29H,4,17H2,1-3H3,(H,30,34)/b27-25+,31-28?. The van der Waals surface area contributed by atoms with Gasteiger partial charge in [0.25, 0.3) is 5.91 Å². The van der Waals surface area contributed by atoms with E-state index in [-0.39, 0.29) is 11.8 Å². The number of anilines is 3. The second-order valence-corrected chi connectivity index (χ2v) is 10.6. The summed E-state index contributed by atoms with van der Waals surface area (Å²) in [6, 6.07) is 23.6. The van der Waals surface area contributed by atoms with E-state index >= 15 is 0 Å². The van der Waals surface area contributed by atoms with Crippen LogP contribution in [0.3, 0.4) is 0 Å². The van der Waals surface area contributed by atoms with Gasteiger partial charge in [-0.15, -0.1) is 0 Å². The fraction of sp³-hybridized carbons (Fsp3) is 0.179. The summed E-state index contributed by atoms with van der Waals surface area (Å²) in [4.78, 5) is 36.1. The lowest BCUT2D eigenvalue weighted by molar-refractivity contribution is -0.122. The molecule has 3 aromatic rings. The lowest BCUT2D eigenvalue weighted by Crippen LogP contribution is -2.29. The van der Waals surface area contributed by atoms with Gasteiger partial charge in [-0.3, -0.25) is 14.5 Å². The van der Waals surface area contributed by atoms with Crippen molar-refractivity contribution in [1.82, 2.24) is 4.90 Å². The minimum Gasteiger partial charge on any atom is -0.384 e. The molecule has 0 spiro atoms. The predicted molar refractivity (Wildman–Crippen MR) is 154 cm³/mol. The Labute approximate surface area is 225 Å². The Balaban J connectivity index is 1.58. The molecule has 2 heterocycles. The minimum atomic E-state index is -0.154. The first-order chi connectivity index (χ1) is 17.9. The highest BCUT2D eigenvalue weighted by molar-refractivity contribution is 8.19. The van der Waals surface area contributed by atoms with Crippen LogP contribution >= 0.6 is 23.5 Å². The molecule has 2 aliphatic heterocycles. The molecule has 0 unspecified atom stereocenters. The lowest BCUT2D eigenvalue weighted by Gasteiger charge is -2.17. The summed E-state index contributed by atoms with van der Waals surface area (Å²) < 4.78 is 0. The third kappa shape index (κ3) is 5.23. The number of rotatable bonds is 6. The molecule has 0 aliphatic carbocycles. The number of amidine groups is 1. The molecule has 0 bridgehead atoms. The summed E-state index contributed by atoms with van der Waals surface area (Å²) in [6.07, 6.45) is 0. The highest BCUT2D eigenvalue weighted by Gasteiger charge is 2.39. The smallest absolute Gasteiger partial charge is 0.269 e. The number of hydrogen-bond acceptors (Lipinski definition) is 7. The van der Waals surface area contributed by atoms with Crippen molar-refractivity contribution in [2.24, 2.45) is 4.99 Å². The number of aliphatic imine (C=N–C) groups is 1. The summed E-state index contributed by atoms with van der Waals surface area (Å²) >= 11 is 2.99. The molecule has 0 radical (unpaired) electrons. The molecule has 0 saturated carbocycles. The van der Waals surface area contributed by atoms with Crippen LogP contribution in [0.4, 0.5) is 22.7 Å². The topological polar surface area (TPSA) is 77.0 Å². The molecule has 0 atom stereocenters. The van der Waals surface area contributed by atoms with E-state index in [1.165, 1.54) is 18.7 Å². The zero-order valence-electron chi connectivity index (χ0n) is 20.8. The fourth-order valence-electron chi connectivity index (χ4n) is 4.17. The third-order valence-electron chi connectivity index (χ3n) is 5.88. The van der Waals surface area contributed by atoms with Gasteiger partial charge in [0.15, 0.2) is 5.17 Å². The van der Waals surface area contributed by atoms with E-state index in [1.54, 1.807) is 16.7 Å². The van der Waals surface area contributed by atoms with Gasteiger partial charge in [-0.2, -0.15) is 0 Å². The van der Waals surface area contributed by atoms with Crippen LogP contribution in [0.15, 0.2) is 92.6 Å². The van der Waals surface area contributed by atoms with E-state index in [4.69, 9.17) is 4.99 Å². The van der Waals surface area contributed by atoms with Crippen molar-refractivity contribution < 1.29 is 9.59 Å². The predicted octanol–water partition coefficient (Wildman–Crippen LogP) is 6.25. The molecule has 1 saturated heterocycles. The minimum absolute atomic E-state index is 0.0715. The molecule has 2 N–H and O–H groups in total. The Morgan fingerprint density at radius 3 is 2.49 bits per heavy atom. The average molecular weight is 530 g/mol. The number of hydrogen-bond donors (Lipinski definition) is 2. The third-order valence-corrected chi connectivity index (χ3v) is 8.31. The Bertz CT molecular complexity index is 1420. The average Bonchev–Trinajstić information content (AvgIpc) is 3.37. The monoisotopic (exact) mass is 529 g/mol.